The minimum absolute atomic E-state index is 1.17. The first-order chi connectivity index (χ1) is 16.5. The van der Waals surface area contributed by atoms with Gasteiger partial charge in [0.25, 0.3) is 0 Å². The van der Waals surface area contributed by atoms with Gasteiger partial charge in [-0.05, 0) is 34.9 Å². The second-order valence-corrected chi connectivity index (χ2v) is 10.3. The molecule has 0 aliphatic heterocycles. The normalized spacial score (nSPS) is 14.1. The molecule has 0 spiro atoms. The molecule has 0 radical (unpaired) electrons. The molecule has 3 aromatic carbocycles. The molecule has 0 aromatic heterocycles. The van der Waals surface area contributed by atoms with Crippen molar-refractivity contribution in [1.82, 2.24) is 4.90 Å². The second kappa shape index (κ2) is 10.7. The topological polar surface area (TPSA) is 6.25 Å². The molecule has 0 unspecified atom stereocenters. The predicted molar refractivity (Wildman–Crippen MR) is 139 cm³/mol. The van der Waals surface area contributed by atoms with Crippen LogP contribution in [0.15, 0.2) is 103 Å². The molecule has 0 aliphatic rings. The minimum atomic E-state index is -10.7. The molecular formula is C27H29F6N2P. The number of allylic oxidation sites excluding steroid dienone is 3. The van der Waals surface area contributed by atoms with E-state index in [1.807, 2.05) is 0 Å². The van der Waals surface area contributed by atoms with E-state index in [1.54, 1.807) is 0 Å². The van der Waals surface area contributed by atoms with E-state index in [2.05, 4.69) is 141 Å². The van der Waals surface area contributed by atoms with Crippen molar-refractivity contribution in [2.75, 3.05) is 28.2 Å². The van der Waals surface area contributed by atoms with E-state index in [0.717, 1.165) is 0 Å². The quantitative estimate of drug-likeness (QED) is 0.102. The average molecular weight is 527 g/mol. The summed E-state index contributed by atoms with van der Waals surface area (Å²) in [5.41, 5.74) is 7.11. The molecule has 0 N–H and O–H groups in total. The molecule has 2 nitrogen and oxygen atoms in total. The van der Waals surface area contributed by atoms with Gasteiger partial charge in [-0.2, -0.15) is 0 Å². The van der Waals surface area contributed by atoms with Crippen LogP contribution in [-0.4, -0.2) is 43.4 Å². The van der Waals surface area contributed by atoms with Crippen LogP contribution >= 0.6 is 7.81 Å². The van der Waals surface area contributed by atoms with E-state index in [0.29, 0.717) is 0 Å². The second-order valence-electron chi connectivity index (χ2n) is 8.36. The number of nitrogens with zero attached hydrogens (tertiary/aromatic N) is 2. The van der Waals surface area contributed by atoms with Gasteiger partial charge in [0.05, 0.1) is 0 Å². The van der Waals surface area contributed by atoms with E-state index >= 15 is 0 Å². The first-order valence-electron chi connectivity index (χ1n) is 10.9. The fourth-order valence-electron chi connectivity index (χ4n) is 3.29. The van der Waals surface area contributed by atoms with Crippen molar-refractivity contribution in [3.8, 4) is 0 Å². The molecular weight excluding hydrogens is 497 g/mol. The van der Waals surface area contributed by atoms with Gasteiger partial charge in [-0.3, -0.25) is 0 Å². The number of rotatable bonds is 6. The van der Waals surface area contributed by atoms with Gasteiger partial charge in [0, 0.05) is 31.4 Å². The Kier molecular flexibility index (Phi) is 8.58. The van der Waals surface area contributed by atoms with E-state index < -0.39 is 7.81 Å². The zero-order valence-corrected chi connectivity index (χ0v) is 21.3. The van der Waals surface area contributed by atoms with Crippen molar-refractivity contribution in [3.05, 3.63) is 120 Å². The molecule has 9 heteroatoms. The Labute approximate surface area is 207 Å². The zero-order chi connectivity index (χ0) is 27.0. The van der Waals surface area contributed by atoms with Crippen LogP contribution in [0.1, 0.15) is 16.7 Å². The Hall–Kier alpha value is -3.38. The maximum atomic E-state index is 9.87. The molecule has 3 rings (SSSR count). The van der Waals surface area contributed by atoms with Crippen molar-refractivity contribution < 1.29 is 29.8 Å². The summed E-state index contributed by atoms with van der Waals surface area (Å²) in [6, 6.07) is 31.6. The van der Waals surface area contributed by atoms with Crippen LogP contribution in [0.4, 0.5) is 25.2 Å². The van der Waals surface area contributed by atoms with Crippen LogP contribution in [0.5, 0.6) is 0 Å². The van der Waals surface area contributed by atoms with Crippen molar-refractivity contribution in [2.45, 2.75) is 0 Å². The zero-order valence-electron chi connectivity index (χ0n) is 20.4. The SMILES string of the molecule is CN(C)/C(=C/C(=CC(c1ccccc1)=[N+](C)C)c1ccccc1)c1ccccc1.F[P-](F)(F)(F)(F)F. The summed E-state index contributed by atoms with van der Waals surface area (Å²) in [5, 5.41) is 0. The predicted octanol–water partition coefficient (Wildman–Crippen LogP) is 8.82. The molecule has 194 valence electrons. The van der Waals surface area contributed by atoms with Gasteiger partial charge in [0.1, 0.15) is 14.1 Å². The number of hydrogen-bond acceptors (Lipinski definition) is 1. The van der Waals surface area contributed by atoms with Gasteiger partial charge in [0.15, 0.2) is 0 Å². The third kappa shape index (κ3) is 11.4. The summed E-state index contributed by atoms with van der Waals surface area (Å²) in [6.45, 7) is 0. The summed E-state index contributed by atoms with van der Waals surface area (Å²) >= 11 is 0. The molecule has 3 aromatic rings. The average Bonchev–Trinajstić information content (AvgIpc) is 2.78. The van der Waals surface area contributed by atoms with Crippen molar-refractivity contribution >= 4 is 24.8 Å². The Bertz CT molecular complexity index is 1220. The van der Waals surface area contributed by atoms with Gasteiger partial charge in [-0.1, -0.05) is 78.9 Å². The van der Waals surface area contributed by atoms with Gasteiger partial charge >= 0.3 is 33.0 Å². The summed E-state index contributed by atoms with van der Waals surface area (Å²) < 4.78 is 61.4. The van der Waals surface area contributed by atoms with Crippen molar-refractivity contribution in [1.29, 1.82) is 0 Å². The fraction of sp³-hybridized carbons (Fsp3) is 0.148. The van der Waals surface area contributed by atoms with E-state index in [4.69, 9.17) is 0 Å². The number of hydrogen-bond donors (Lipinski definition) is 0. The monoisotopic (exact) mass is 526 g/mol. The van der Waals surface area contributed by atoms with Crippen molar-refractivity contribution in [3.63, 3.8) is 0 Å². The van der Waals surface area contributed by atoms with Gasteiger partial charge in [-0.15, -0.1) is 0 Å². The molecule has 0 heterocycles. The Morgan fingerprint density at radius 3 is 1.33 bits per heavy atom. The first kappa shape index (κ1) is 28.9. The standard InChI is InChI=1S/C27H29N2.F6P/c1-28(2)26(23-16-10-6-11-17-23)20-25(22-14-8-5-9-15-22)21-27(29(3)4)24-18-12-7-13-19-24;1-7(2,3,4,5)6/h5-21H,1-4H3;/q+1;-1. The van der Waals surface area contributed by atoms with Gasteiger partial charge < -0.3 is 4.90 Å². The van der Waals surface area contributed by atoms with Crippen LogP contribution in [0.3, 0.4) is 0 Å². The molecule has 0 amide bonds. The molecule has 0 saturated heterocycles. The number of benzene rings is 3. The van der Waals surface area contributed by atoms with E-state index in [-0.39, 0.29) is 0 Å². The van der Waals surface area contributed by atoms with Gasteiger partial charge in [-0.25, -0.2) is 4.58 Å². The number of halogens is 6. The molecule has 0 aliphatic carbocycles. The molecule has 0 atom stereocenters. The summed E-state index contributed by atoms with van der Waals surface area (Å²) in [7, 11) is -2.29. The third-order valence-electron chi connectivity index (χ3n) is 4.79. The van der Waals surface area contributed by atoms with Crippen LogP contribution in [0.2, 0.25) is 0 Å². The summed E-state index contributed by atoms with van der Waals surface area (Å²) in [6.07, 6.45) is 4.55. The fourth-order valence-corrected chi connectivity index (χ4v) is 3.29. The first-order valence-corrected chi connectivity index (χ1v) is 12.9. The Balaban J connectivity index is 0.000000572. The van der Waals surface area contributed by atoms with Crippen LogP contribution in [-0.2, 0) is 0 Å². The molecule has 36 heavy (non-hydrogen) atoms. The van der Waals surface area contributed by atoms with Crippen LogP contribution < -0.4 is 0 Å². The maximum absolute atomic E-state index is 10.7. The molecule has 0 bridgehead atoms. The van der Waals surface area contributed by atoms with Crippen LogP contribution in [0, 0.1) is 0 Å². The summed E-state index contributed by atoms with van der Waals surface area (Å²) in [4.78, 5) is 2.17. The Morgan fingerprint density at radius 2 is 0.972 bits per heavy atom. The van der Waals surface area contributed by atoms with Crippen molar-refractivity contribution in [2.24, 2.45) is 0 Å². The van der Waals surface area contributed by atoms with E-state index in [1.165, 1.54) is 33.7 Å². The third-order valence-corrected chi connectivity index (χ3v) is 4.79. The Morgan fingerprint density at radius 1 is 0.611 bits per heavy atom. The molecule has 0 saturated carbocycles. The van der Waals surface area contributed by atoms with E-state index in [9.17, 15) is 25.2 Å². The molecule has 0 fully saturated rings. The van der Waals surface area contributed by atoms with Gasteiger partial charge in [0.2, 0.25) is 5.71 Å². The summed E-state index contributed by atoms with van der Waals surface area (Å²) in [5.74, 6) is 0. The van der Waals surface area contributed by atoms with Crippen LogP contribution in [0.25, 0.3) is 11.3 Å².